The van der Waals surface area contributed by atoms with Gasteiger partial charge in [-0.1, -0.05) is 17.7 Å². The van der Waals surface area contributed by atoms with E-state index in [1.807, 2.05) is 29.6 Å². The molecule has 0 saturated heterocycles. The molecule has 4 nitrogen and oxygen atoms in total. The Balaban J connectivity index is 2.10. The Bertz CT molecular complexity index is 779. The molecular formula is C16H13ClN2O2S. The van der Waals surface area contributed by atoms with E-state index in [1.54, 1.807) is 41.1 Å². The molecule has 0 aliphatic carbocycles. The van der Waals surface area contributed by atoms with E-state index in [0.29, 0.717) is 17.3 Å². The first kappa shape index (κ1) is 14.8. The SMILES string of the molecule is CCOC(=O)c1cc(-c2cccs2)nn1-c1ccc(Cl)cc1. The quantitative estimate of drug-likeness (QED) is 0.664. The second kappa shape index (κ2) is 6.34. The molecule has 1 aromatic carbocycles. The lowest BCUT2D eigenvalue weighted by molar-refractivity contribution is 0.0516. The lowest BCUT2D eigenvalue weighted by Gasteiger charge is -2.06. The van der Waals surface area contributed by atoms with Crippen LogP contribution in [0.3, 0.4) is 0 Å². The van der Waals surface area contributed by atoms with Crippen molar-refractivity contribution in [3.05, 3.63) is 58.6 Å². The van der Waals surface area contributed by atoms with Crippen LogP contribution in [0.4, 0.5) is 0 Å². The third-order valence-electron chi connectivity index (χ3n) is 3.04. The Kier molecular flexibility index (Phi) is 4.27. The van der Waals surface area contributed by atoms with E-state index >= 15 is 0 Å². The Morgan fingerprint density at radius 2 is 2.09 bits per heavy atom. The van der Waals surface area contributed by atoms with E-state index < -0.39 is 5.97 Å². The molecule has 0 aliphatic heterocycles. The lowest BCUT2D eigenvalue weighted by atomic mass is 10.3. The van der Waals surface area contributed by atoms with Crippen LogP contribution >= 0.6 is 22.9 Å². The summed E-state index contributed by atoms with van der Waals surface area (Å²) in [6.07, 6.45) is 0. The summed E-state index contributed by atoms with van der Waals surface area (Å²) in [5, 5.41) is 7.14. The van der Waals surface area contributed by atoms with E-state index in [-0.39, 0.29) is 0 Å². The van der Waals surface area contributed by atoms with Gasteiger partial charge >= 0.3 is 5.97 Å². The molecule has 2 aromatic heterocycles. The summed E-state index contributed by atoms with van der Waals surface area (Å²) in [5.41, 5.74) is 1.90. The minimum absolute atomic E-state index is 0.318. The minimum atomic E-state index is -0.396. The third-order valence-corrected chi connectivity index (χ3v) is 4.18. The number of aromatic nitrogens is 2. The van der Waals surface area contributed by atoms with Crippen LogP contribution in [0, 0.1) is 0 Å². The molecule has 2 heterocycles. The van der Waals surface area contributed by atoms with Crippen molar-refractivity contribution in [1.82, 2.24) is 9.78 Å². The van der Waals surface area contributed by atoms with Crippen LogP contribution in [-0.2, 0) is 4.74 Å². The molecule has 22 heavy (non-hydrogen) atoms. The van der Waals surface area contributed by atoms with Crippen molar-refractivity contribution >= 4 is 28.9 Å². The van der Waals surface area contributed by atoms with E-state index in [2.05, 4.69) is 5.10 Å². The number of carbonyl (C=O) groups excluding carboxylic acids is 1. The van der Waals surface area contributed by atoms with Gasteiger partial charge in [-0.2, -0.15) is 5.10 Å². The fourth-order valence-corrected chi connectivity index (χ4v) is 2.86. The minimum Gasteiger partial charge on any atom is -0.461 e. The Labute approximate surface area is 136 Å². The number of carbonyl (C=O) groups is 1. The van der Waals surface area contributed by atoms with Gasteiger partial charge in [-0.05, 0) is 42.6 Å². The van der Waals surface area contributed by atoms with E-state index in [0.717, 1.165) is 16.3 Å². The van der Waals surface area contributed by atoms with Gasteiger partial charge in [0.25, 0.3) is 0 Å². The van der Waals surface area contributed by atoms with Gasteiger partial charge in [-0.25, -0.2) is 9.48 Å². The highest BCUT2D eigenvalue weighted by Gasteiger charge is 2.18. The summed E-state index contributed by atoms with van der Waals surface area (Å²) >= 11 is 7.49. The number of ether oxygens (including phenoxy) is 1. The first-order chi connectivity index (χ1) is 10.7. The molecule has 112 valence electrons. The second-order valence-electron chi connectivity index (χ2n) is 4.50. The number of thiophene rings is 1. The summed E-state index contributed by atoms with van der Waals surface area (Å²) in [7, 11) is 0. The standard InChI is InChI=1S/C16H13ClN2O2S/c1-2-21-16(20)14-10-13(15-4-3-9-22-15)18-19(14)12-7-5-11(17)6-8-12/h3-10H,2H2,1H3. The zero-order valence-corrected chi connectivity index (χ0v) is 13.4. The van der Waals surface area contributed by atoms with Crippen LogP contribution in [0.15, 0.2) is 47.8 Å². The van der Waals surface area contributed by atoms with Gasteiger partial charge in [0, 0.05) is 11.1 Å². The topological polar surface area (TPSA) is 44.1 Å². The molecule has 0 fully saturated rings. The monoisotopic (exact) mass is 332 g/mol. The first-order valence-electron chi connectivity index (χ1n) is 6.76. The van der Waals surface area contributed by atoms with Gasteiger partial charge in [-0.3, -0.25) is 0 Å². The molecule has 0 bridgehead atoms. The molecule has 6 heteroatoms. The smallest absolute Gasteiger partial charge is 0.357 e. The highest BCUT2D eigenvalue weighted by atomic mass is 35.5. The summed E-state index contributed by atoms with van der Waals surface area (Å²) in [6, 6.07) is 12.8. The number of benzene rings is 1. The van der Waals surface area contributed by atoms with Gasteiger partial charge in [0.1, 0.15) is 5.69 Å². The number of esters is 1. The summed E-state index contributed by atoms with van der Waals surface area (Å²) in [4.78, 5) is 13.2. The molecule has 3 rings (SSSR count). The van der Waals surface area contributed by atoms with Gasteiger partial charge in [0.15, 0.2) is 5.69 Å². The molecule has 0 aliphatic rings. The highest BCUT2D eigenvalue weighted by Crippen LogP contribution is 2.26. The van der Waals surface area contributed by atoms with E-state index in [1.165, 1.54) is 0 Å². The number of hydrogen-bond donors (Lipinski definition) is 0. The number of nitrogens with zero attached hydrogens (tertiary/aromatic N) is 2. The Hall–Kier alpha value is -2.11. The van der Waals surface area contributed by atoms with Crippen LogP contribution in [0.5, 0.6) is 0 Å². The van der Waals surface area contributed by atoms with Gasteiger partial charge in [0.05, 0.1) is 17.2 Å². The predicted molar refractivity (Wildman–Crippen MR) is 87.8 cm³/mol. The molecule has 0 unspecified atom stereocenters. The second-order valence-corrected chi connectivity index (χ2v) is 5.88. The fourth-order valence-electron chi connectivity index (χ4n) is 2.06. The maximum Gasteiger partial charge on any atom is 0.357 e. The number of halogens is 1. The fraction of sp³-hybridized carbons (Fsp3) is 0.125. The molecule has 0 saturated carbocycles. The van der Waals surface area contributed by atoms with E-state index in [9.17, 15) is 4.79 Å². The predicted octanol–water partition coefficient (Wildman–Crippen LogP) is 4.43. The van der Waals surface area contributed by atoms with Gasteiger partial charge in [0.2, 0.25) is 0 Å². The lowest BCUT2D eigenvalue weighted by Crippen LogP contribution is -2.11. The van der Waals surface area contributed by atoms with Crippen molar-refractivity contribution in [1.29, 1.82) is 0 Å². The maximum absolute atomic E-state index is 12.2. The molecular weight excluding hydrogens is 320 g/mol. The van der Waals surface area contributed by atoms with Crippen LogP contribution in [0.1, 0.15) is 17.4 Å². The molecule has 0 radical (unpaired) electrons. The summed E-state index contributed by atoms with van der Waals surface area (Å²) in [6.45, 7) is 2.10. The summed E-state index contributed by atoms with van der Waals surface area (Å²) in [5.74, 6) is -0.396. The zero-order valence-electron chi connectivity index (χ0n) is 11.8. The maximum atomic E-state index is 12.2. The average Bonchev–Trinajstić information content (AvgIpc) is 3.17. The molecule has 0 N–H and O–H groups in total. The van der Waals surface area contributed by atoms with E-state index in [4.69, 9.17) is 16.3 Å². The normalized spacial score (nSPS) is 10.6. The first-order valence-corrected chi connectivity index (χ1v) is 8.02. The third kappa shape index (κ3) is 2.91. The van der Waals surface area contributed by atoms with Crippen LogP contribution in [0.2, 0.25) is 5.02 Å². The van der Waals surface area contributed by atoms with Gasteiger partial charge < -0.3 is 4.74 Å². The number of hydrogen-bond acceptors (Lipinski definition) is 4. The van der Waals surface area contributed by atoms with Crippen molar-refractivity contribution in [2.75, 3.05) is 6.61 Å². The van der Waals surface area contributed by atoms with Crippen molar-refractivity contribution in [2.24, 2.45) is 0 Å². The van der Waals surface area contributed by atoms with Crippen molar-refractivity contribution in [3.63, 3.8) is 0 Å². The molecule has 0 spiro atoms. The van der Waals surface area contributed by atoms with Gasteiger partial charge in [-0.15, -0.1) is 11.3 Å². The van der Waals surface area contributed by atoms with Crippen molar-refractivity contribution in [2.45, 2.75) is 6.92 Å². The van der Waals surface area contributed by atoms with Crippen LogP contribution < -0.4 is 0 Å². The highest BCUT2D eigenvalue weighted by molar-refractivity contribution is 7.13. The van der Waals surface area contributed by atoms with Crippen molar-refractivity contribution < 1.29 is 9.53 Å². The largest absolute Gasteiger partial charge is 0.461 e. The average molecular weight is 333 g/mol. The van der Waals surface area contributed by atoms with Crippen LogP contribution in [-0.4, -0.2) is 22.4 Å². The number of rotatable bonds is 4. The molecule has 0 amide bonds. The molecule has 3 aromatic rings. The molecule has 0 atom stereocenters. The van der Waals surface area contributed by atoms with Crippen molar-refractivity contribution in [3.8, 4) is 16.3 Å². The summed E-state index contributed by atoms with van der Waals surface area (Å²) < 4.78 is 6.71. The van der Waals surface area contributed by atoms with Crippen LogP contribution in [0.25, 0.3) is 16.3 Å². The zero-order chi connectivity index (χ0) is 15.5. The Morgan fingerprint density at radius 3 is 2.73 bits per heavy atom. The Morgan fingerprint density at radius 1 is 1.32 bits per heavy atom.